The number of likely N-dealkylation sites (tertiary alicyclic amines) is 1. The maximum absolute atomic E-state index is 13.2. The first kappa shape index (κ1) is 20.7. The summed E-state index contributed by atoms with van der Waals surface area (Å²) in [6.45, 7) is 0.607. The minimum Gasteiger partial charge on any atom is -0.295 e. The highest BCUT2D eigenvalue weighted by Crippen LogP contribution is 2.37. The van der Waals surface area contributed by atoms with Gasteiger partial charge in [0.15, 0.2) is 0 Å². The first-order chi connectivity index (χ1) is 15.0. The highest BCUT2D eigenvalue weighted by atomic mass is 16.2. The fraction of sp³-hybridized carbons (Fsp3) is 0.318. The normalized spacial score (nSPS) is 25.2. The van der Waals surface area contributed by atoms with Gasteiger partial charge < -0.3 is 0 Å². The topological polar surface area (TPSA) is 116 Å². The third-order valence-corrected chi connectivity index (χ3v) is 5.75. The zero-order valence-electron chi connectivity index (χ0n) is 16.7. The zero-order valence-corrected chi connectivity index (χ0v) is 16.7. The zero-order chi connectivity index (χ0) is 22.0. The molecule has 0 spiro atoms. The first-order valence-corrected chi connectivity index (χ1v) is 10.1. The van der Waals surface area contributed by atoms with E-state index in [-0.39, 0.29) is 19.4 Å². The van der Waals surface area contributed by atoms with Crippen molar-refractivity contribution in [3.63, 3.8) is 0 Å². The number of carbonyl (C=O) groups excluding carboxylic acids is 5. The molecule has 2 heterocycles. The lowest BCUT2D eigenvalue weighted by Crippen LogP contribution is -2.54. The van der Waals surface area contributed by atoms with Crippen molar-refractivity contribution in [2.75, 3.05) is 6.54 Å². The number of hydrazine groups is 1. The Morgan fingerprint density at radius 1 is 1.16 bits per heavy atom. The van der Waals surface area contributed by atoms with Gasteiger partial charge in [-0.1, -0.05) is 48.6 Å². The van der Waals surface area contributed by atoms with Gasteiger partial charge in [0.05, 0.1) is 5.92 Å². The van der Waals surface area contributed by atoms with Crippen LogP contribution in [0.25, 0.3) is 0 Å². The summed E-state index contributed by atoms with van der Waals surface area (Å²) in [6.07, 6.45) is 5.88. The summed E-state index contributed by atoms with van der Waals surface area (Å²) in [5.41, 5.74) is 4.32. The maximum atomic E-state index is 13.2. The number of carbonyl (C=O) groups is 5. The van der Waals surface area contributed by atoms with Crippen molar-refractivity contribution < 1.29 is 24.0 Å². The number of amides is 5. The maximum Gasteiger partial charge on any atom is 0.257 e. The predicted molar refractivity (Wildman–Crippen MR) is 108 cm³/mol. The van der Waals surface area contributed by atoms with E-state index in [1.54, 1.807) is 18.2 Å². The van der Waals surface area contributed by atoms with Crippen LogP contribution in [0.3, 0.4) is 0 Å². The van der Waals surface area contributed by atoms with Crippen LogP contribution in [0.5, 0.6) is 0 Å². The number of fused-ring (bicyclic) bond motifs is 1. The van der Waals surface area contributed by atoms with E-state index in [2.05, 4.69) is 10.7 Å². The summed E-state index contributed by atoms with van der Waals surface area (Å²) < 4.78 is 0. The molecular formula is C22H22N4O5. The van der Waals surface area contributed by atoms with Crippen LogP contribution in [0.4, 0.5) is 0 Å². The van der Waals surface area contributed by atoms with E-state index in [1.807, 2.05) is 30.3 Å². The Morgan fingerprint density at radius 3 is 2.65 bits per heavy atom. The summed E-state index contributed by atoms with van der Waals surface area (Å²) in [5.74, 6) is -3.25. The van der Waals surface area contributed by atoms with E-state index in [1.165, 1.54) is 5.01 Å². The van der Waals surface area contributed by atoms with Gasteiger partial charge in [-0.25, -0.2) is 5.43 Å². The molecular weight excluding hydrogens is 400 g/mol. The third kappa shape index (κ3) is 4.04. The number of allylic oxidation sites excluding steroid dienone is 2. The van der Waals surface area contributed by atoms with E-state index >= 15 is 0 Å². The highest BCUT2D eigenvalue weighted by molar-refractivity contribution is 6.18. The van der Waals surface area contributed by atoms with Crippen LogP contribution < -0.4 is 10.7 Å². The number of hydrogen-bond donors (Lipinski definition) is 2. The number of rotatable bonds is 7. The largest absolute Gasteiger partial charge is 0.295 e. The Hall–Kier alpha value is -3.59. The van der Waals surface area contributed by atoms with Crippen LogP contribution in [-0.2, 0) is 30.5 Å². The van der Waals surface area contributed by atoms with Gasteiger partial charge in [-0.2, -0.15) is 0 Å². The van der Waals surface area contributed by atoms with Gasteiger partial charge in [0.2, 0.25) is 24.1 Å². The Bertz CT molecular complexity index is 987. The van der Waals surface area contributed by atoms with Crippen LogP contribution in [0, 0.1) is 11.8 Å². The van der Waals surface area contributed by atoms with Crippen molar-refractivity contribution >= 4 is 30.0 Å². The molecule has 4 rings (SSSR count). The Labute approximate surface area is 178 Å². The standard InChI is InChI=1S/C22H22N4O5/c27-13-25(23-11-14-5-2-1-3-6-14)12-15-7-4-8-16-19(15)22(31)26(21(16)30)17-9-10-18(28)24-20(17)29/h1-8,13,15,17,19,23H,9-12H2,(H,24,28,29). The molecule has 2 aliphatic heterocycles. The molecule has 1 aliphatic carbocycles. The smallest absolute Gasteiger partial charge is 0.257 e. The molecule has 3 aliphatic rings. The summed E-state index contributed by atoms with van der Waals surface area (Å²) >= 11 is 0. The average Bonchev–Trinajstić information content (AvgIpc) is 3.03. The highest BCUT2D eigenvalue weighted by Gasteiger charge is 2.52. The molecule has 0 saturated carbocycles. The summed E-state index contributed by atoms with van der Waals surface area (Å²) in [6, 6.07) is 8.55. The second kappa shape index (κ2) is 8.65. The fourth-order valence-corrected chi connectivity index (χ4v) is 4.21. The van der Waals surface area contributed by atoms with Crippen LogP contribution in [0.1, 0.15) is 18.4 Å². The second-order valence-electron chi connectivity index (χ2n) is 7.71. The molecule has 31 heavy (non-hydrogen) atoms. The number of piperidine rings is 1. The molecule has 3 unspecified atom stereocenters. The second-order valence-corrected chi connectivity index (χ2v) is 7.71. The lowest BCUT2D eigenvalue weighted by Gasteiger charge is -2.29. The van der Waals surface area contributed by atoms with Gasteiger partial charge in [0.1, 0.15) is 6.04 Å². The lowest BCUT2D eigenvalue weighted by atomic mass is 9.83. The minimum absolute atomic E-state index is 0.0706. The minimum atomic E-state index is -0.997. The molecule has 9 heteroatoms. The van der Waals surface area contributed by atoms with E-state index < -0.39 is 41.5 Å². The number of benzene rings is 1. The number of hydrogen-bond acceptors (Lipinski definition) is 6. The first-order valence-electron chi connectivity index (χ1n) is 10.1. The van der Waals surface area contributed by atoms with E-state index in [0.29, 0.717) is 18.5 Å². The van der Waals surface area contributed by atoms with Crippen LogP contribution in [0.15, 0.2) is 54.1 Å². The monoisotopic (exact) mass is 422 g/mol. The molecule has 5 amide bonds. The van der Waals surface area contributed by atoms with Gasteiger partial charge in [0, 0.05) is 31.0 Å². The third-order valence-electron chi connectivity index (χ3n) is 5.75. The SMILES string of the molecule is O=CN(CC1C=CC=C2C(=O)N(C3CCC(=O)NC3=O)C(=O)C21)NCc1ccccc1. The summed E-state index contributed by atoms with van der Waals surface area (Å²) in [5, 5.41) is 3.55. The predicted octanol–water partition coefficient (Wildman–Crippen LogP) is 0.0522. The molecule has 1 aromatic rings. The molecule has 2 fully saturated rings. The van der Waals surface area contributed by atoms with Crippen LogP contribution in [0.2, 0.25) is 0 Å². The number of imide groups is 2. The van der Waals surface area contributed by atoms with Crippen molar-refractivity contribution in [3.05, 3.63) is 59.7 Å². The van der Waals surface area contributed by atoms with Gasteiger partial charge in [0.25, 0.3) is 5.91 Å². The summed E-state index contributed by atoms with van der Waals surface area (Å²) in [7, 11) is 0. The van der Waals surface area contributed by atoms with Gasteiger partial charge in [-0.3, -0.25) is 39.2 Å². The molecule has 9 nitrogen and oxygen atoms in total. The molecule has 0 bridgehead atoms. The van der Waals surface area contributed by atoms with Crippen molar-refractivity contribution in [1.29, 1.82) is 0 Å². The number of nitrogens with zero attached hydrogens (tertiary/aromatic N) is 2. The van der Waals surface area contributed by atoms with Crippen molar-refractivity contribution in [3.8, 4) is 0 Å². The van der Waals surface area contributed by atoms with Gasteiger partial charge in [-0.15, -0.1) is 0 Å². The molecule has 160 valence electrons. The van der Waals surface area contributed by atoms with Crippen LogP contribution in [-0.4, -0.2) is 52.5 Å². The van der Waals surface area contributed by atoms with E-state index in [4.69, 9.17) is 0 Å². The Kier molecular flexibility index (Phi) is 5.77. The molecule has 2 N–H and O–H groups in total. The van der Waals surface area contributed by atoms with Gasteiger partial charge in [-0.05, 0) is 12.0 Å². The average molecular weight is 422 g/mol. The molecule has 2 saturated heterocycles. The Morgan fingerprint density at radius 2 is 1.94 bits per heavy atom. The van der Waals surface area contributed by atoms with Crippen molar-refractivity contribution in [2.24, 2.45) is 11.8 Å². The molecule has 1 aromatic carbocycles. The molecule has 0 radical (unpaired) electrons. The van der Waals surface area contributed by atoms with Crippen molar-refractivity contribution in [1.82, 2.24) is 20.7 Å². The quantitative estimate of drug-likeness (QED) is 0.365. The fourth-order valence-electron chi connectivity index (χ4n) is 4.21. The summed E-state index contributed by atoms with van der Waals surface area (Å²) in [4.78, 5) is 62.3. The van der Waals surface area contributed by atoms with E-state index in [9.17, 15) is 24.0 Å². The number of nitrogens with one attached hydrogen (secondary N) is 2. The Balaban J connectivity index is 1.47. The molecule has 0 aromatic heterocycles. The van der Waals surface area contributed by atoms with Gasteiger partial charge >= 0.3 is 0 Å². The lowest BCUT2D eigenvalue weighted by molar-refractivity contribution is -0.151. The van der Waals surface area contributed by atoms with E-state index in [0.717, 1.165) is 10.5 Å². The van der Waals surface area contributed by atoms with Crippen molar-refractivity contribution in [2.45, 2.75) is 25.4 Å². The molecule has 3 atom stereocenters. The van der Waals surface area contributed by atoms with Crippen LogP contribution >= 0.6 is 0 Å².